The summed E-state index contributed by atoms with van der Waals surface area (Å²) >= 11 is 0. The van der Waals surface area contributed by atoms with E-state index >= 15 is 0 Å². The third-order valence-corrected chi connectivity index (χ3v) is 4.06. The number of nitrogens with one attached hydrogen (secondary N) is 1. The Hall–Kier alpha value is -3.30. The van der Waals surface area contributed by atoms with Crippen LogP contribution in [0.4, 0.5) is 18.9 Å². The molecule has 0 aliphatic carbocycles. The molecule has 0 saturated heterocycles. The van der Waals surface area contributed by atoms with Gasteiger partial charge in [0.15, 0.2) is 6.61 Å². The molecule has 1 aromatic heterocycles. The molecule has 0 spiro atoms. The molecule has 0 radical (unpaired) electrons. The van der Waals surface area contributed by atoms with Crippen LogP contribution in [-0.2, 0) is 27.5 Å². The van der Waals surface area contributed by atoms with Gasteiger partial charge in [-0.05, 0) is 31.2 Å². The van der Waals surface area contributed by atoms with Crippen LogP contribution in [-0.4, -0.2) is 46.9 Å². The van der Waals surface area contributed by atoms with Crippen LogP contribution in [0.15, 0.2) is 42.6 Å². The Bertz CT molecular complexity index is 893. The van der Waals surface area contributed by atoms with Crippen molar-refractivity contribution in [1.82, 2.24) is 9.47 Å². The molecule has 29 heavy (non-hydrogen) atoms. The molecule has 0 bridgehead atoms. The number of nitrogens with zero attached hydrogens (tertiary/aromatic N) is 2. The fraction of sp³-hybridized carbons (Fsp3) is 0.316. The van der Waals surface area contributed by atoms with Crippen molar-refractivity contribution in [2.75, 3.05) is 25.0 Å². The molecule has 0 saturated carbocycles. The molecule has 156 valence electrons. The quantitative estimate of drug-likeness (QED) is 0.711. The molecule has 2 amide bonds. The monoisotopic (exact) mass is 411 g/mol. The van der Waals surface area contributed by atoms with Gasteiger partial charge < -0.3 is 19.5 Å². The number of likely N-dealkylation sites (N-methyl/N-ethyl adjacent to an activating group) is 1. The van der Waals surface area contributed by atoms with Crippen molar-refractivity contribution in [2.24, 2.45) is 7.05 Å². The van der Waals surface area contributed by atoms with Crippen LogP contribution >= 0.6 is 0 Å². The van der Waals surface area contributed by atoms with Crippen molar-refractivity contribution in [3.05, 3.63) is 53.9 Å². The summed E-state index contributed by atoms with van der Waals surface area (Å²) in [5, 5.41) is 2.17. The highest BCUT2D eigenvalue weighted by Gasteiger charge is 2.33. The highest BCUT2D eigenvalue weighted by atomic mass is 19.4. The van der Waals surface area contributed by atoms with E-state index in [1.165, 1.54) is 22.8 Å². The van der Waals surface area contributed by atoms with Crippen LogP contribution < -0.4 is 5.32 Å². The van der Waals surface area contributed by atoms with Crippen LogP contribution in [0.5, 0.6) is 0 Å². The summed E-state index contributed by atoms with van der Waals surface area (Å²) in [6, 6.07) is 7.70. The topological polar surface area (TPSA) is 80.6 Å². The van der Waals surface area contributed by atoms with E-state index < -0.39 is 48.4 Å². The van der Waals surface area contributed by atoms with Crippen LogP contribution in [0.1, 0.15) is 23.0 Å². The zero-order valence-corrected chi connectivity index (χ0v) is 15.8. The van der Waals surface area contributed by atoms with Crippen molar-refractivity contribution in [3.8, 4) is 0 Å². The van der Waals surface area contributed by atoms with Gasteiger partial charge in [-0.1, -0.05) is 12.1 Å². The second-order valence-corrected chi connectivity index (χ2v) is 6.08. The number of ether oxygens (including phenoxy) is 1. The van der Waals surface area contributed by atoms with E-state index in [9.17, 15) is 27.6 Å². The minimum absolute atomic E-state index is 0.106. The SMILES string of the molecule is CCN(CC(=O)Nc1ccccc1C(F)(F)F)C(=O)COC(=O)c1cccn1C. The zero-order valence-electron chi connectivity index (χ0n) is 15.8. The first-order valence-electron chi connectivity index (χ1n) is 8.65. The number of para-hydroxylation sites is 1. The van der Waals surface area contributed by atoms with Gasteiger partial charge in [-0.2, -0.15) is 13.2 Å². The van der Waals surface area contributed by atoms with Crippen LogP contribution in [0.25, 0.3) is 0 Å². The molecular formula is C19H20F3N3O4. The molecule has 1 N–H and O–H groups in total. The highest BCUT2D eigenvalue weighted by Crippen LogP contribution is 2.34. The summed E-state index contributed by atoms with van der Waals surface area (Å²) < 4.78 is 45.5. The van der Waals surface area contributed by atoms with Crippen molar-refractivity contribution in [2.45, 2.75) is 13.1 Å². The molecule has 2 rings (SSSR count). The summed E-state index contributed by atoms with van der Waals surface area (Å²) in [5.74, 6) is -2.15. The predicted octanol–water partition coefficient (Wildman–Crippen LogP) is 2.69. The molecule has 0 atom stereocenters. The Morgan fingerprint density at radius 2 is 1.83 bits per heavy atom. The maximum Gasteiger partial charge on any atom is 0.418 e. The predicted molar refractivity (Wildman–Crippen MR) is 98.0 cm³/mol. The number of aryl methyl sites for hydroxylation is 1. The molecule has 1 heterocycles. The molecule has 1 aromatic carbocycles. The van der Waals surface area contributed by atoms with Crippen molar-refractivity contribution >= 4 is 23.5 Å². The Morgan fingerprint density at radius 1 is 1.14 bits per heavy atom. The second kappa shape index (κ2) is 9.26. The van der Waals surface area contributed by atoms with Gasteiger partial charge in [0.25, 0.3) is 5.91 Å². The first-order valence-corrected chi connectivity index (χ1v) is 8.65. The minimum Gasteiger partial charge on any atom is -0.451 e. The number of halogens is 3. The smallest absolute Gasteiger partial charge is 0.418 e. The summed E-state index contributed by atoms with van der Waals surface area (Å²) in [6.07, 6.45) is -2.99. The number of carbonyl (C=O) groups is 3. The highest BCUT2D eigenvalue weighted by molar-refractivity contribution is 5.96. The van der Waals surface area contributed by atoms with Crippen molar-refractivity contribution < 1.29 is 32.3 Å². The Kier molecular flexibility index (Phi) is 7.03. The van der Waals surface area contributed by atoms with E-state index in [-0.39, 0.29) is 12.2 Å². The van der Waals surface area contributed by atoms with Gasteiger partial charge in [0, 0.05) is 19.8 Å². The van der Waals surface area contributed by atoms with E-state index in [0.29, 0.717) is 0 Å². The lowest BCUT2D eigenvalue weighted by Gasteiger charge is -2.21. The van der Waals surface area contributed by atoms with Gasteiger partial charge in [0.05, 0.1) is 17.8 Å². The number of benzene rings is 1. The third kappa shape index (κ3) is 5.84. The number of hydrogen-bond acceptors (Lipinski definition) is 4. The molecule has 2 aromatic rings. The van der Waals surface area contributed by atoms with Crippen LogP contribution in [0, 0.1) is 0 Å². The lowest BCUT2D eigenvalue weighted by molar-refractivity contribution is -0.138. The second-order valence-electron chi connectivity index (χ2n) is 6.08. The van der Waals surface area contributed by atoms with Gasteiger partial charge in [-0.25, -0.2) is 4.79 Å². The van der Waals surface area contributed by atoms with Gasteiger partial charge in [-0.15, -0.1) is 0 Å². The lowest BCUT2D eigenvalue weighted by atomic mass is 10.1. The van der Waals surface area contributed by atoms with E-state index in [0.717, 1.165) is 17.0 Å². The maximum atomic E-state index is 13.0. The Balaban J connectivity index is 1.95. The number of hydrogen-bond donors (Lipinski definition) is 1. The number of esters is 1. The molecule has 0 unspecified atom stereocenters. The number of carbonyl (C=O) groups excluding carboxylic acids is 3. The van der Waals surface area contributed by atoms with E-state index in [2.05, 4.69) is 5.32 Å². The number of aromatic nitrogens is 1. The number of alkyl halides is 3. The van der Waals surface area contributed by atoms with Crippen LogP contribution in [0.2, 0.25) is 0 Å². The summed E-state index contributed by atoms with van der Waals surface area (Å²) in [5.41, 5.74) is -1.13. The van der Waals surface area contributed by atoms with Gasteiger partial charge >= 0.3 is 12.1 Å². The fourth-order valence-corrected chi connectivity index (χ4v) is 2.54. The number of amides is 2. The van der Waals surface area contributed by atoms with Gasteiger partial charge in [0.2, 0.25) is 5.91 Å². The number of rotatable bonds is 7. The van der Waals surface area contributed by atoms with Gasteiger partial charge in [0.1, 0.15) is 5.69 Å². The molecule has 10 heteroatoms. The molecule has 0 aliphatic rings. The minimum atomic E-state index is -4.63. The van der Waals surface area contributed by atoms with Gasteiger partial charge in [-0.3, -0.25) is 9.59 Å². The Morgan fingerprint density at radius 3 is 2.41 bits per heavy atom. The molecular weight excluding hydrogens is 391 g/mol. The average Bonchev–Trinajstić information content (AvgIpc) is 3.09. The van der Waals surface area contributed by atoms with E-state index in [4.69, 9.17) is 4.74 Å². The van der Waals surface area contributed by atoms with E-state index in [1.54, 1.807) is 26.2 Å². The number of anilines is 1. The molecule has 7 nitrogen and oxygen atoms in total. The normalized spacial score (nSPS) is 11.1. The summed E-state index contributed by atoms with van der Waals surface area (Å²) in [7, 11) is 1.64. The Labute approximate surface area is 165 Å². The van der Waals surface area contributed by atoms with E-state index in [1.807, 2.05) is 0 Å². The molecule has 0 aliphatic heterocycles. The van der Waals surface area contributed by atoms with Crippen LogP contribution in [0.3, 0.4) is 0 Å². The standard InChI is InChI=1S/C19H20F3N3O4/c1-3-25(17(27)12-29-18(28)15-9-6-10-24(15)2)11-16(26)23-14-8-5-4-7-13(14)19(20,21)22/h4-10H,3,11-12H2,1-2H3,(H,23,26). The maximum absolute atomic E-state index is 13.0. The first kappa shape index (κ1) is 22.0. The lowest BCUT2D eigenvalue weighted by Crippen LogP contribution is -2.40. The van der Waals surface area contributed by atoms with Crippen molar-refractivity contribution in [3.63, 3.8) is 0 Å². The summed E-state index contributed by atoms with van der Waals surface area (Å²) in [6.45, 7) is 0.621. The third-order valence-electron chi connectivity index (χ3n) is 4.06. The fourth-order valence-electron chi connectivity index (χ4n) is 2.54. The van der Waals surface area contributed by atoms with Crippen molar-refractivity contribution in [1.29, 1.82) is 0 Å². The summed E-state index contributed by atoms with van der Waals surface area (Å²) in [4.78, 5) is 37.4. The largest absolute Gasteiger partial charge is 0.451 e. The molecule has 0 fully saturated rings. The zero-order chi connectivity index (χ0) is 21.6. The first-order chi connectivity index (χ1) is 13.6. The average molecular weight is 411 g/mol.